The molecule has 23 heavy (non-hydrogen) atoms. The number of rotatable bonds is 6. The Hall–Kier alpha value is -2.74. The van der Waals surface area contributed by atoms with Crippen molar-refractivity contribution in [1.29, 1.82) is 0 Å². The van der Waals surface area contributed by atoms with Crippen LogP contribution in [0.3, 0.4) is 0 Å². The van der Waals surface area contributed by atoms with Crippen molar-refractivity contribution >= 4 is 34.2 Å². The minimum atomic E-state index is -0.297. The number of carbonyl (C=O) groups excluding carboxylic acids is 1. The quantitative estimate of drug-likeness (QED) is 0.724. The molecule has 0 aliphatic heterocycles. The molecule has 0 radical (unpaired) electrons. The maximum Gasteiger partial charge on any atom is 0.264 e. The molecule has 0 atom stereocenters. The molecule has 0 aliphatic rings. The Morgan fingerprint density at radius 3 is 2.78 bits per heavy atom. The Balaban J connectivity index is 1.71. The van der Waals surface area contributed by atoms with Crippen LogP contribution in [0.4, 0.5) is 5.95 Å². The van der Waals surface area contributed by atoms with Crippen LogP contribution in [0, 0.1) is 0 Å². The highest BCUT2D eigenvalue weighted by molar-refractivity contribution is 7.08. The van der Waals surface area contributed by atoms with E-state index in [9.17, 15) is 4.79 Å². The number of anilines is 1. The Bertz CT molecular complexity index is 773. The Morgan fingerprint density at radius 2 is 2.09 bits per heavy atom. The molecule has 3 rings (SSSR count). The van der Waals surface area contributed by atoms with Gasteiger partial charge in [-0.2, -0.15) is 0 Å². The van der Waals surface area contributed by atoms with Crippen molar-refractivity contribution in [2.24, 2.45) is 0 Å². The van der Waals surface area contributed by atoms with Crippen LogP contribution < -0.4 is 19.5 Å². The second-order valence-electron chi connectivity index (χ2n) is 4.61. The molecule has 0 saturated carbocycles. The van der Waals surface area contributed by atoms with Gasteiger partial charge in [-0.25, -0.2) is 4.98 Å². The van der Waals surface area contributed by atoms with Crippen molar-refractivity contribution in [3.63, 3.8) is 0 Å². The summed E-state index contributed by atoms with van der Waals surface area (Å²) in [5, 5.41) is 6.37. The maximum atomic E-state index is 11.9. The van der Waals surface area contributed by atoms with Crippen molar-refractivity contribution in [1.82, 2.24) is 9.97 Å². The lowest BCUT2D eigenvalue weighted by Crippen LogP contribution is -2.20. The van der Waals surface area contributed by atoms with Gasteiger partial charge in [-0.15, -0.1) is 11.3 Å². The van der Waals surface area contributed by atoms with E-state index in [-0.39, 0.29) is 12.5 Å². The summed E-state index contributed by atoms with van der Waals surface area (Å²) >= 11 is 1.51. The number of hydrogen-bond acceptors (Lipinski definition) is 6. The topological polar surface area (TPSA) is 85.5 Å². The minimum Gasteiger partial charge on any atom is -0.493 e. The number of thiophene rings is 1. The van der Waals surface area contributed by atoms with Gasteiger partial charge in [-0.05, 0) is 11.4 Å². The van der Waals surface area contributed by atoms with E-state index in [0.717, 1.165) is 5.52 Å². The molecule has 120 valence electrons. The number of hydrogen-bond donors (Lipinski definition) is 2. The number of aromatic amines is 1. The number of ether oxygens (including phenoxy) is 3. The number of benzene rings is 1. The molecule has 0 saturated heterocycles. The maximum absolute atomic E-state index is 11.9. The van der Waals surface area contributed by atoms with E-state index < -0.39 is 0 Å². The standard InChI is InChI=1S/C15H15N3O4S/c1-20-12-5-10-11(6-13(12)21-2)17-15(16-10)18-14(19)7-22-9-3-4-23-8-9/h3-6,8H,7H2,1-2H3,(H2,16,17,18,19). The molecule has 7 nitrogen and oxygen atoms in total. The number of methoxy groups -OCH3 is 2. The third kappa shape index (κ3) is 3.37. The first-order valence-electron chi connectivity index (χ1n) is 6.76. The zero-order valence-electron chi connectivity index (χ0n) is 12.6. The molecule has 1 aromatic carbocycles. The van der Waals surface area contributed by atoms with Crippen LogP contribution in [-0.2, 0) is 4.79 Å². The van der Waals surface area contributed by atoms with Crippen LogP contribution >= 0.6 is 11.3 Å². The zero-order chi connectivity index (χ0) is 16.2. The SMILES string of the molecule is COc1cc2nc(NC(=O)COc3ccsc3)[nH]c2cc1OC. The fraction of sp³-hybridized carbons (Fsp3) is 0.200. The van der Waals surface area contributed by atoms with E-state index in [1.54, 1.807) is 32.4 Å². The highest BCUT2D eigenvalue weighted by Crippen LogP contribution is 2.31. The minimum absolute atomic E-state index is 0.0829. The fourth-order valence-corrected chi connectivity index (χ4v) is 2.62. The molecule has 3 aromatic rings. The van der Waals surface area contributed by atoms with Gasteiger partial charge in [0.05, 0.1) is 25.3 Å². The summed E-state index contributed by atoms with van der Waals surface area (Å²) in [5.74, 6) is 1.88. The molecule has 2 heterocycles. The third-order valence-electron chi connectivity index (χ3n) is 3.11. The average Bonchev–Trinajstić information content (AvgIpc) is 3.20. The van der Waals surface area contributed by atoms with Crippen molar-refractivity contribution in [3.8, 4) is 17.2 Å². The first kappa shape index (κ1) is 15.2. The highest BCUT2D eigenvalue weighted by atomic mass is 32.1. The van der Waals surface area contributed by atoms with Gasteiger partial charge in [0.1, 0.15) is 5.75 Å². The summed E-state index contributed by atoms with van der Waals surface area (Å²) in [7, 11) is 3.12. The number of carbonyl (C=O) groups is 1. The van der Waals surface area contributed by atoms with Gasteiger partial charge in [0.2, 0.25) is 5.95 Å². The summed E-state index contributed by atoms with van der Waals surface area (Å²) in [4.78, 5) is 19.2. The molecule has 0 aliphatic carbocycles. The van der Waals surface area contributed by atoms with Crippen molar-refractivity contribution < 1.29 is 19.0 Å². The zero-order valence-corrected chi connectivity index (χ0v) is 13.4. The van der Waals surface area contributed by atoms with E-state index in [1.165, 1.54) is 11.3 Å². The molecule has 1 amide bonds. The van der Waals surface area contributed by atoms with E-state index in [2.05, 4.69) is 15.3 Å². The number of amides is 1. The summed E-state index contributed by atoms with van der Waals surface area (Å²) in [6, 6.07) is 5.30. The van der Waals surface area contributed by atoms with E-state index >= 15 is 0 Å². The lowest BCUT2D eigenvalue weighted by molar-refractivity contribution is -0.118. The molecule has 2 N–H and O–H groups in total. The number of imidazole rings is 1. The monoisotopic (exact) mass is 333 g/mol. The van der Waals surface area contributed by atoms with Crippen LogP contribution in [0.2, 0.25) is 0 Å². The van der Waals surface area contributed by atoms with Gasteiger partial charge in [-0.3, -0.25) is 10.1 Å². The number of H-pyrrole nitrogens is 1. The van der Waals surface area contributed by atoms with Gasteiger partial charge in [0.25, 0.3) is 5.91 Å². The summed E-state index contributed by atoms with van der Waals surface area (Å²) in [6.45, 7) is -0.0829. The van der Waals surface area contributed by atoms with Crippen LogP contribution in [0.15, 0.2) is 29.0 Å². The molecule has 0 unspecified atom stereocenters. The lowest BCUT2D eigenvalue weighted by atomic mass is 10.3. The summed E-state index contributed by atoms with van der Waals surface area (Å²) < 4.78 is 15.8. The second kappa shape index (κ2) is 6.57. The van der Waals surface area contributed by atoms with Crippen molar-refractivity contribution in [3.05, 3.63) is 29.0 Å². The lowest BCUT2D eigenvalue weighted by Gasteiger charge is -2.06. The van der Waals surface area contributed by atoms with Gasteiger partial charge < -0.3 is 19.2 Å². The molecular formula is C15H15N3O4S. The largest absolute Gasteiger partial charge is 0.493 e. The van der Waals surface area contributed by atoms with Crippen LogP contribution in [0.5, 0.6) is 17.2 Å². The molecular weight excluding hydrogens is 318 g/mol. The smallest absolute Gasteiger partial charge is 0.264 e. The van der Waals surface area contributed by atoms with Crippen LogP contribution in [-0.4, -0.2) is 36.7 Å². The number of nitrogens with one attached hydrogen (secondary N) is 2. The molecule has 0 spiro atoms. The fourth-order valence-electron chi connectivity index (χ4n) is 2.05. The molecule has 0 bridgehead atoms. The van der Waals surface area contributed by atoms with Gasteiger partial charge in [-0.1, -0.05) is 0 Å². The molecule has 8 heteroatoms. The highest BCUT2D eigenvalue weighted by Gasteiger charge is 2.12. The normalized spacial score (nSPS) is 10.5. The Kier molecular flexibility index (Phi) is 4.33. The van der Waals surface area contributed by atoms with Crippen molar-refractivity contribution in [2.75, 3.05) is 26.1 Å². The Morgan fingerprint density at radius 1 is 1.30 bits per heavy atom. The Labute approximate surface area is 136 Å². The summed E-state index contributed by atoms with van der Waals surface area (Å²) in [6.07, 6.45) is 0. The van der Waals surface area contributed by atoms with Crippen molar-refractivity contribution in [2.45, 2.75) is 0 Å². The van der Waals surface area contributed by atoms with Crippen LogP contribution in [0.1, 0.15) is 0 Å². The molecule has 0 fully saturated rings. The third-order valence-corrected chi connectivity index (χ3v) is 3.77. The van der Waals surface area contributed by atoms with E-state index in [4.69, 9.17) is 14.2 Å². The van der Waals surface area contributed by atoms with Gasteiger partial charge in [0.15, 0.2) is 18.1 Å². The average molecular weight is 333 g/mol. The first-order chi connectivity index (χ1) is 11.2. The second-order valence-corrected chi connectivity index (χ2v) is 5.39. The predicted octanol–water partition coefficient (Wildman–Crippen LogP) is 2.66. The van der Waals surface area contributed by atoms with Gasteiger partial charge >= 0.3 is 0 Å². The van der Waals surface area contributed by atoms with E-state index in [1.807, 2.05) is 10.8 Å². The number of fused-ring (bicyclic) bond motifs is 1. The number of aromatic nitrogens is 2. The molecule has 2 aromatic heterocycles. The first-order valence-corrected chi connectivity index (χ1v) is 7.70. The van der Waals surface area contributed by atoms with Crippen LogP contribution in [0.25, 0.3) is 11.0 Å². The predicted molar refractivity (Wildman–Crippen MR) is 87.6 cm³/mol. The number of nitrogens with zero attached hydrogens (tertiary/aromatic N) is 1. The van der Waals surface area contributed by atoms with E-state index in [0.29, 0.717) is 28.7 Å². The van der Waals surface area contributed by atoms with Gasteiger partial charge in [0, 0.05) is 17.5 Å². The summed E-state index contributed by atoms with van der Waals surface area (Å²) in [5.41, 5.74) is 1.40.